The summed E-state index contributed by atoms with van der Waals surface area (Å²) in [4.78, 5) is 14.7. The van der Waals surface area contributed by atoms with Crippen LogP contribution in [0.5, 0.6) is 0 Å². The standard InChI is InChI=1S/C31H31N5/c1-21-17-23(7-10-29(21)35-15-13-34(14-16-35)25-8-9-25)24-11-12-36-30(20-32-31(36)19-24)27-18-22(2)33-28-6-4-3-5-26(27)28/h3-7,10-12,17-20,25H,8-9,13-16H2,1-2H3. The smallest absolute Gasteiger partial charge is 0.137 e. The van der Waals surface area contributed by atoms with Gasteiger partial charge >= 0.3 is 0 Å². The second kappa shape index (κ2) is 8.45. The molecule has 3 aromatic heterocycles. The molecule has 1 saturated heterocycles. The molecule has 2 fully saturated rings. The third kappa shape index (κ3) is 3.75. The molecular formula is C31H31N5. The Morgan fingerprint density at radius 3 is 2.44 bits per heavy atom. The average Bonchev–Trinajstić information content (AvgIpc) is 3.67. The lowest BCUT2D eigenvalue weighted by molar-refractivity contribution is 0.248. The van der Waals surface area contributed by atoms with Crippen LogP contribution in [0.25, 0.3) is 38.9 Å². The number of imidazole rings is 1. The molecule has 5 heteroatoms. The molecule has 0 atom stereocenters. The van der Waals surface area contributed by atoms with E-state index < -0.39 is 0 Å². The number of para-hydroxylation sites is 1. The Morgan fingerprint density at radius 1 is 0.833 bits per heavy atom. The van der Waals surface area contributed by atoms with Crippen molar-refractivity contribution in [2.45, 2.75) is 32.7 Å². The first-order valence-electron chi connectivity index (χ1n) is 13.1. The van der Waals surface area contributed by atoms with Gasteiger partial charge in [0.05, 0.1) is 17.4 Å². The van der Waals surface area contributed by atoms with Crippen LogP contribution in [-0.2, 0) is 0 Å². The number of anilines is 1. The predicted octanol–water partition coefficient (Wildman–Crippen LogP) is 6.12. The summed E-state index contributed by atoms with van der Waals surface area (Å²) in [7, 11) is 0. The number of nitrogens with zero attached hydrogens (tertiary/aromatic N) is 5. The molecule has 2 aromatic carbocycles. The molecule has 0 amide bonds. The van der Waals surface area contributed by atoms with Gasteiger partial charge in [0.25, 0.3) is 0 Å². The monoisotopic (exact) mass is 473 g/mol. The van der Waals surface area contributed by atoms with Gasteiger partial charge < -0.3 is 4.90 Å². The molecule has 0 spiro atoms. The van der Waals surface area contributed by atoms with E-state index in [1.54, 1.807) is 0 Å². The van der Waals surface area contributed by atoms with Crippen molar-refractivity contribution < 1.29 is 0 Å². The molecule has 36 heavy (non-hydrogen) atoms. The van der Waals surface area contributed by atoms with Crippen LogP contribution >= 0.6 is 0 Å². The van der Waals surface area contributed by atoms with Crippen molar-refractivity contribution in [2.24, 2.45) is 0 Å². The van der Waals surface area contributed by atoms with Gasteiger partial charge in [-0.25, -0.2) is 4.98 Å². The Balaban J connectivity index is 1.19. The molecule has 4 heterocycles. The Morgan fingerprint density at radius 2 is 1.64 bits per heavy atom. The lowest BCUT2D eigenvalue weighted by Crippen LogP contribution is -2.47. The van der Waals surface area contributed by atoms with E-state index in [4.69, 9.17) is 9.97 Å². The third-order valence-corrected chi connectivity index (χ3v) is 7.88. The normalized spacial score (nSPS) is 16.8. The molecule has 1 saturated carbocycles. The van der Waals surface area contributed by atoms with E-state index >= 15 is 0 Å². The van der Waals surface area contributed by atoms with Gasteiger partial charge in [0, 0.05) is 60.7 Å². The van der Waals surface area contributed by atoms with Crippen LogP contribution < -0.4 is 4.90 Å². The highest BCUT2D eigenvalue weighted by atomic mass is 15.3. The number of rotatable bonds is 4. The third-order valence-electron chi connectivity index (χ3n) is 7.88. The zero-order valence-electron chi connectivity index (χ0n) is 21.0. The highest BCUT2D eigenvalue weighted by Crippen LogP contribution is 2.33. The minimum Gasteiger partial charge on any atom is -0.369 e. The molecule has 2 aliphatic rings. The molecule has 0 N–H and O–H groups in total. The van der Waals surface area contributed by atoms with E-state index in [1.807, 2.05) is 12.3 Å². The van der Waals surface area contributed by atoms with E-state index in [1.165, 1.54) is 53.9 Å². The second-order valence-electron chi connectivity index (χ2n) is 10.4. The minimum atomic E-state index is 0.870. The number of hydrogen-bond donors (Lipinski definition) is 0. The van der Waals surface area contributed by atoms with Crippen LogP contribution in [0.3, 0.4) is 0 Å². The predicted molar refractivity (Wildman–Crippen MR) is 148 cm³/mol. The van der Waals surface area contributed by atoms with Crippen LogP contribution in [-0.4, -0.2) is 51.5 Å². The van der Waals surface area contributed by atoms with Gasteiger partial charge in [-0.05, 0) is 79.8 Å². The van der Waals surface area contributed by atoms with E-state index in [-0.39, 0.29) is 0 Å². The van der Waals surface area contributed by atoms with Crippen molar-refractivity contribution >= 4 is 22.2 Å². The SMILES string of the molecule is Cc1cc(-c2cnc3cc(-c4ccc(N5CCN(C6CC6)CC5)c(C)c4)ccn23)c2ccccc2n1. The second-order valence-corrected chi connectivity index (χ2v) is 10.4. The highest BCUT2D eigenvalue weighted by Gasteiger charge is 2.31. The zero-order chi connectivity index (χ0) is 24.2. The van der Waals surface area contributed by atoms with Crippen LogP contribution in [0.4, 0.5) is 5.69 Å². The molecule has 1 aliphatic carbocycles. The van der Waals surface area contributed by atoms with E-state index in [0.717, 1.165) is 47.1 Å². The summed E-state index contributed by atoms with van der Waals surface area (Å²) in [6.07, 6.45) is 6.93. The lowest BCUT2D eigenvalue weighted by Gasteiger charge is -2.37. The lowest BCUT2D eigenvalue weighted by atomic mass is 10.0. The van der Waals surface area contributed by atoms with Crippen LogP contribution in [0, 0.1) is 13.8 Å². The Hall–Kier alpha value is -3.70. The molecule has 5 nitrogen and oxygen atoms in total. The number of piperazine rings is 1. The van der Waals surface area contributed by atoms with Crippen molar-refractivity contribution in [3.8, 4) is 22.4 Å². The largest absolute Gasteiger partial charge is 0.369 e. The van der Waals surface area contributed by atoms with Crippen molar-refractivity contribution in [1.82, 2.24) is 19.3 Å². The topological polar surface area (TPSA) is 36.7 Å². The number of hydrogen-bond acceptors (Lipinski definition) is 4. The fourth-order valence-corrected chi connectivity index (χ4v) is 5.84. The van der Waals surface area contributed by atoms with Gasteiger partial charge in [-0.15, -0.1) is 0 Å². The molecular weight excluding hydrogens is 442 g/mol. The maximum Gasteiger partial charge on any atom is 0.137 e. The number of aromatic nitrogens is 3. The molecule has 180 valence electrons. The summed E-state index contributed by atoms with van der Waals surface area (Å²) >= 11 is 0. The fraction of sp³-hybridized carbons (Fsp3) is 0.290. The number of pyridine rings is 2. The van der Waals surface area contributed by atoms with Crippen molar-refractivity contribution in [3.63, 3.8) is 0 Å². The summed E-state index contributed by atoms with van der Waals surface area (Å²) in [6, 6.07) is 22.7. The molecule has 1 aliphatic heterocycles. The minimum absolute atomic E-state index is 0.870. The maximum absolute atomic E-state index is 4.79. The van der Waals surface area contributed by atoms with Crippen LogP contribution in [0.2, 0.25) is 0 Å². The Labute approximate surface area is 212 Å². The van der Waals surface area contributed by atoms with Crippen LogP contribution in [0.15, 0.2) is 73.1 Å². The summed E-state index contributed by atoms with van der Waals surface area (Å²) in [5.41, 5.74) is 10.4. The van der Waals surface area contributed by atoms with Crippen molar-refractivity contribution in [1.29, 1.82) is 0 Å². The first-order chi connectivity index (χ1) is 17.6. The van der Waals surface area contributed by atoms with Gasteiger partial charge in [0.2, 0.25) is 0 Å². The average molecular weight is 474 g/mol. The molecule has 7 rings (SSSR count). The van der Waals surface area contributed by atoms with Gasteiger partial charge in [-0.1, -0.05) is 24.3 Å². The van der Waals surface area contributed by atoms with E-state index in [2.05, 4.69) is 88.8 Å². The maximum atomic E-state index is 4.79. The highest BCUT2D eigenvalue weighted by molar-refractivity contribution is 5.94. The van der Waals surface area contributed by atoms with E-state index in [0.29, 0.717) is 0 Å². The van der Waals surface area contributed by atoms with E-state index in [9.17, 15) is 0 Å². The number of fused-ring (bicyclic) bond motifs is 2. The summed E-state index contributed by atoms with van der Waals surface area (Å²) < 4.78 is 2.19. The fourth-order valence-electron chi connectivity index (χ4n) is 5.84. The van der Waals surface area contributed by atoms with Crippen molar-refractivity contribution in [2.75, 3.05) is 31.1 Å². The number of benzene rings is 2. The summed E-state index contributed by atoms with van der Waals surface area (Å²) in [5.74, 6) is 0. The quantitative estimate of drug-likeness (QED) is 0.315. The summed E-state index contributed by atoms with van der Waals surface area (Å²) in [6.45, 7) is 8.94. The molecule has 0 radical (unpaired) electrons. The first-order valence-corrected chi connectivity index (χ1v) is 13.1. The van der Waals surface area contributed by atoms with Gasteiger partial charge in [0.15, 0.2) is 0 Å². The molecule has 0 bridgehead atoms. The van der Waals surface area contributed by atoms with Crippen LogP contribution in [0.1, 0.15) is 24.1 Å². The van der Waals surface area contributed by atoms with Crippen molar-refractivity contribution in [3.05, 3.63) is 84.3 Å². The van der Waals surface area contributed by atoms with Gasteiger partial charge in [-0.3, -0.25) is 14.3 Å². The molecule has 5 aromatic rings. The zero-order valence-corrected chi connectivity index (χ0v) is 21.0. The first kappa shape index (κ1) is 21.6. The van der Waals surface area contributed by atoms with Gasteiger partial charge in [0.1, 0.15) is 5.65 Å². The Kier molecular flexibility index (Phi) is 5.07. The van der Waals surface area contributed by atoms with Gasteiger partial charge in [-0.2, -0.15) is 0 Å². The number of aryl methyl sites for hydroxylation is 2. The summed E-state index contributed by atoms with van der Waals surface area (Å²) in [5, 5.41) is 1.15. The Bertz CT molecular complexity index is 1590. The molecule has 0 unspecified atom stereocenters.